The maximum absolute atomic E-state index is 13.0. The Labute approximate surface area is 194 Å². The smallest absolute Gasteiger partial charge is 0.231 e. The lowest BCUT2D eigenvalue weighted by Gasteiger charge is -2.15. The molecule has 4 nitrogen and oxygen atoms in total. The van der Waals surface area contributed by atoms with Crippen molar-refractivity contribution in [2.24, 2.45) is 0 Å². The summed E-state index contributed by atoms with van der Waals surface area (Å²) >= 11 is 0. The molecule has 33 heavy (non-hydrogen) atoms. The van der Waals surface area contributed by atoms with Crippen LogP contribution in [0.15, 0.2) is 85.1 Å². The number of nitriles is 1. The number of benzene rings is 3. The highest BCUT2D eigenvalue weighted by atomic mass is 16.1. The van der Waals surface area contributed by atoms with E-state index in [2.05, 4.69) is 22.4 Å². The third kappa shape index (κ3) is 5.16. The van der Waals surface area contributed by atoms with Crippen molar-refractivity contribution in [3.63, 3.8) is 0 Å². The number of hydrogen-bond acceptors (Lipinski definition) is 3. The fourth-order valence-electron chi connectivity index (χ4n) is 3.84. The van der Waals surface area contributed by atoms with Crippen LogP contribution in [-0.2, 0) is 4.79 Å². The first-order chi connectivity index (χ1) is 15.9. The molecule has 162 valence electrons. The second-order valence-electron chi connectivity index (χ2n) is 8.30. The number of amides is 1. The molecule has 4 rings (SSSR count). The summed E-state index contributed by atoms with van der Waals surface area (Å²) in [5.41, 5.74) is 8.64. The van der Waals surface area contributed by atoms with Gasteiger partial charge in [0.1, 0.15) is 0 Å². The van der Waals surface area contributed by atoms with Gasteiger partial charge in [0, 0.05) is 17.6 Å². The predicted octanol–water partition coefficient (Wildman–Crippen LogP) is 6.65. The van der Waals surface area contributed by atoms with Crippen LogP contribution >= 0.6 is 0 Å². The van der Waals surface area contributed by atoms with Gasteiger partial charge in [-0.15, -0.1) is 0 Å². The van der Waals surface area contributed by atoms with Crippen molar-refractivity contribution >= 4 is 11.6 Å². The first-order valence-electron chi connectivity index (χ1n) is 10.9. The van der Waals surface area contributed by atoms with Gasteiger partial charge >= 0.3 is 0 Å². The van der Waals surface area contributed by atoms with E-state index in [0.717, 1.165) is 44.8 Å². The third-order valence-electron chi connectivity index (χ3n) is 5.72. The highest BCUT2D eigenvalue weighted by Gasteiger charge is 2.17. The molecular weight excluding hydrogens is 406 g/mol. The zero-order chi connectivity index (χ0) is 23.4. The van der Waals surface area contributed by atoms with Gasteiger partial charge in [-0.25, -0.2) is 0 Å². The number of nitrogens with one attached hydrogen (secondary N) is 1. The number of anilines is 1. The molecular formula is C29H25N3O. The fourth-order valence-corrected chi connectivity index (χ4v) is 3.84. The quantitative estimate of drug-likeness (QED) is 0.385. The molecule has 0 saturated heterocycles. The van der Waals surface area contributed by atoms with E-state index in [1.54, 1.807) is 6.20 Å². The average Bonchev–Trinajstić information content (AvgIpc) is 2.83. The van der Waals surface area contributed by atoms with Crippen molar-refractivity contribution in [1.29, 1.82) is 5.26 Å². The Balaban J connectivity index is 1.51. The van der Waals surface area contributed by atoms with Gasteiger partial charge in [-0.05, 0) is 85.0 Å². The van der Waals surface area contributed by atoms with Crippen LogP contribution in [0.1, 0.15) is 35.2 Å². The summed E-state index contributed by atoms with van der Waals surface area (Å²) in [4.78, 5) is 17.2. The summed E-state index contributed by atoms with van der Waals surface area (Å²) in [6, 6.07) is 27.7. The molecule has 0 radical (unpaired) electrons. The van der Waals surface area contributed by atoms with Crippen LogP contribution in [0, 0.1) is 25.2 Å². The minimum atomic E-state index is -0.315. The molecule has 1 heterocycles. The molecule has 4 aromatic rings. The zero-order valence-electron chi connectivity index (χ0n) is 19.0. The largest absolute Gasteiger partial charge is 0.326 e. The van der Waals surface area contributed by atoms with Crippen LogP contribution in [0.3, 0.4) is 0 Å². The van der Waals surface area contributed by atoms with E-state index in [9.17, 15) is 4.79 Å². The second-order valence-corrected chi connectivity index (χ2v) is 8.30. The number of hydrogen-bond donors (Lipinski definition) is 1. The Morgan fingerprint density at radius 3 is 2.18 bits per heavy atom. The summed E-state index contributed by atoms with van der Waals surface area (Å²) in [6.45, 7) is 5.92. The number of rotatable bonds is 5. The predicted molar refractivity (Wildman–Crippen MR) is 133 cm³/mol. The molecule has 3 aromatic carbocycles. The standard InChI is InChI=1S/C29H25N3O/c1-19-14-26(17-27(15-19)24-6-4-22(18-30)5-7-24)21(3)29(33)32-28-10-8-23(9-11-28)25-12-13-31-20(2)16-25/h4-17,21H,1-3H3,(H,32,33). The molecule has 0 fully saturated rings. The lowest BCUT2D eigenvalue weighted by atomic mass is 9.93. The van der Waals surface area contributed by atoms with Gasteiger partial charge in [-0.2, -0.15) is 5.26 Å². The molecule has 0 bridgehead atoms. The Morgan fingerprint density at radius 1 is 0.848 bits per heavy atom. The van der Waals surface area contributed by atoms with Crippen LogP contribution in [-0.4, -0.2) is 10.9 Å². The highest BCUT2D eigenvalue weighted by molar-refractivity contribution is 5.96. The van der Waals surface area contributed by atoms with Crippen LogP contribution in [0.4, 0.5) is 5.69 Å². The number of aryl methyl sites for hydroxylation is 2. The normalized spacial score (nSPS) is 11.5. The SMILES string of the molecule is Cc1cc(-c2ccc(C#N)cc2)cc(C(C)C(=O)Nc2ccc(-c3ccnc(C)c3)cc2)c1. The molecule has 0 saturated carbocycles. The van der Waals surface area contributed by atoms with Crippen molar-refractivity contribution in [1.82, 2.24) is 4.98 Å². The molecule has 4 heteroatoms. The van der Waals surface area contributed by atoms with Gasteiger partial charge in [0.05, 0.1) is 17.6 Å². The minimum absolute atomic E-state index is 0.0566. The Hall–Kier alpha value is -4.23. The van der Waals surface area contributed by atoms with E-state index < -0.39 is 0 Å². The van der Waals surface area contributed by atoms with Crippen molar-refractivity contribution in [2.45, 2.75) is 26.7 Å². The van der Waals surface area contributed by atoms with E-state index in [0.29, 0.717) is 5.56 Å². The number of carbonyl (C=O) groups excluding carboxylic acids is 1. The Bertz CT molecular complexity index is 1330. The van der Waals surface area contributed by atoms with Crippen LogP contribution < -0.4 is 5.32 Å². The molecule has 0 spiro atoms. The highest BCUT2D eigenvalue weighted by Crippen LogP contribution is 2.28. The number of aromatic nitrogens is 1. The lowest BCUT2D eigenvalue weighted by molar-refractivity contribution is -0.117. The molecule has 1 N–H and O–H groups in total. The maximum atomic E-state index is 13.0. The van der Waals surface area contributed by atoms with E-state index in [1.165, 1.54) is 0 Å². The van der Waals surface area contributed by atoms with Crippen molar-refractivity contribution in [3.05, 3.63) is 107 Å². The lowest BCUT2D eigenvalue weighted by Crippen LogP contribution is -2.19. The molecule has 1 unspecified atom stereocenters. The topological polar surface area (TPSA) is 65.8 Å². The van der Waals surface area contributed by atoms with Crippen molar-refractivity contribution in [3.8, 4) is 28.3 Å². The van der Waals surface area contributed by atoms with Crippen molar-refractivity contribution in [2.75, 3.05) is 5.32 Å². The Morgan fingerprint density at radius 2 is 1.52 bits per heavy atom. The van der Waals surface area contributed by atoms with E-state index >= 15 is 0 Å². The Kier molecular flexibility index (Phi) is 6.33. The average molecular weight is 432 g/mol. The number of pyridine rings is 1. The molecule has 0 aliphatic carbocycles. The first-order valence-corrected chi connectivity index (χ1v) is 10.9. The van der Waals surface area contributed by atoms with E-state index in [4.69, 9.17) is 5.26 Å². The zero-order valence-corrected chi connectivity index (χ0v) is 19.0. The summed E-state index contributed by atoms with van der Waals surface area (Å²) in [5.74, 6) is -0.372. The van der Waals surface area contributed by atoms with Gasteiger partial charge in [0.25, 0.3) is 0 Å². The number of carbonyl (C=O) groups is 1. The van der Waals surface area contributed by atoms with Crippen LogP contribution in [0.5, 0.6) is 0 Å². The monoisotopic (exact) mass is 431 g/mol. The third-order valence-corrected chi connectivity index (χ3v) is 5.72. The van der Waals surface area contributed by atoms with Crippen LogP contribution in [0.2, 0.25) is 0 Å². The summed E-state index contributed by atoms with van der Waals surface area (Å²) in [5, 5.41) is 12.1. The van der Waals surface area contributed by atoms with Gasteiger partial charge < -0.3 is 5.32 Å². The van der Waals surface area contributed by atoms with E-state index in [-0.39, 0.29) is 11.8 Å². The minimum Gasteiger partial charge on any atom is -0.326 e. The molecule has 0 aliphatic heterocycles. The van der Waals surface area contributed by atoms with E-state index in [1.807, 2.05) is 93.6 Å². The van der Waals surface area contributed by atoms with Crippen molar-refractivity contribution < 1.29 is 4.79 Å². The molecule has 1 amide bonds. The van der Waals surface area contributed by atoms with Gasteiger partial charge in [0.2, 0.25) is 5.91 Å². The molecule has 0 aliphatic rings. The van der Waals surface area contributed by atoms with Gasteiger partial charge in [-0.3, -0.25) is 9.78 Å². The van der Waals surface area contributed by atoms with Crippen LogP contribution in [0.25, 0.3) is 22.3 Å². The fraction of sp³-hybridized carbons (Fsp3) is 0.138. The number of nitrogens with zero attached hydrogens (tertiary/aromatic N) is 2. The van der Waals surface area contributed by atoms with Gasteiger partial charge in [0.15, 0.2) is 0 Å². The molecule has 1 atom stereocenters. The molecule has 1 aromatic heterocycles. The summed E-state index contributed by atoms with van der Waals surface area (Å²) in [6.07, 6.45) is 1.80. The van der Waals surface area contributed by atoms with Gasteiger partial charge in [-0.1, -0.05) is 48.0 Å². The first kappa shape index (κ1) is 22.0. The maximum Gasteiger partial charge on any atom is 0.231 e. The summed E-state index contributed by atoms with van der Waals surface area (Å²) in [7, 11) is 0. The summed E-state index contributed by atoms with van der Waals surface area (Å²) < 4.78 is 0. The second kappa shape index (κ2) is 9.50.